The van der Waals surface area contributed by atoms with Crippen LogP contribution >= 0.6 is 0 Å². The molecule has 1 aliphatic rings. The number of carbonyl (C=O) groups excluding carboxylic acids is 2. The maximum atomic E-state index is 12.9. The molecule has 0 spiro atoms. The number of nitriles is 1. The summed E-state index contributed by atoms with van der Waals surface area (Å²) in [5.74, 6) is -0.923. The quantitative estimate of drug-likeness (QED) is 0.832. The summed E-state index contributed by atoms with van der Waals surface area (Å²) in [5, 5.41) is 12.2. The molecule has 2 rings (SSSR count). The van der Waals surface area contributed by atoms with Gasteiger partial charge >= 0.3 is 12.0 Å². The van der Waals surface area contributed by atoms with Crippen LogP contribution in [-0.2, 0) is 9.53 Å². The van der Waals surface area contributed by atoms with Crippen LogP contribution in [-0.4, -0.2) is 35.6 Å². The highest BCUT2D eigenvalue weighted by atomic mass is 19.1. The third kappa shape index (κ3) is 4.69. The molecule has 7 heteroatoms. The van der Waals surface area contributed by atoms with E-state index in [9.17, 15) is 19.2 Å². The zero-order chi connectivity index (χ0) is 18.7. The Morgan fingerprint density at radius 3 is 2.28 bits per heavy atom. The van der Waals surface area contributed by atoms with E-state index in [-0.39, 0.29) is 37.8 Å². The lowest BCUT2D eigenvalue weighted by Crippen LogP contribution is -2.48. The molecule has 0 aromatic heterocycles. The van der Waals surface area contributed by atoms with Crippen molar-refractivity contribution in [2.75, 3.05) is 18.4 Å². The second-order valence-electron chi connectivity index (χ2n) is 7.12. The lowest BCUT2D eigenvalue weighted by Gasteiger charge is -2.37. The van der Waals surface area contributed by atoms with Crippen LogP contribution in [0, 0.1) is 22.6 Å². The number of rotatable bonds is 2. The number of halogens is 1. The van der Waals surface area contributed by atoms with E-state index in [1.807, 2.05) is 0 Å². The highest BCUT2D eigenvalue weighted by Gasteiger charge is 2.45. The average molecular weight is 347 g/mol. The molecule has 134 valence electrons. The number of hydrogen-bond acceptors (Lipinski definition) is 4. The van der Waals surface area contributed by atoms with E-state index in [2.05, 4.69) is 11.4 Å². The predicted molar refractivity (Wildman–Crippen MR) is 90.1 cm³/mol. The predicted octanol–water partition coefficient (Wildman–Crippen LogP) is 3.31. The molecule has 1 N–H and O–H groups in total. The molecule has 0 radical (unpaired) electrons. The first-order chi connectivity index (χ1) is 11.6. The minimum Gasteiger partial charge on any atom is -0.459 e. The molecule has 1 aromatic carbocycles. The van der Waals surface area contributed by atoms with Crippen molar-refractivity contribution in [1.29, 1.82) is 5.26 Å². The van der Waals surface area contributed by atoms with E-state index < -0.39 is 17.0 Å². The summed E-state index contributed by atoms with van der Waals surface area (Å²) in [5.41, 5.74) is -1.41. The van der Waals surface area contributed by atoms with Crippen molar-refractivity contribution < 1.29 is 18.7 Å². The van der Waals surface area contributed by atoms with Crippen LogP contribution in [0.5, 0.6) is 0 Å². The van der Waals surface area contributed by atoms with Gasteiger partial charge in [0.2, 0.25) is 0 Å². The van der Waals surface area contributed by atoms with Crippen LogP contribution in [0.2, 0.25) is 0 Å². The van der Waals surface area contributed by atoms with Crippen LogP contribution in [0.1, 0.15) is 33.6 Å². The molecule has 1 saturated heterocycles. The SMILES string of the molecule is CC(C)(C)OC(=O)C1(C#N)CCN(C(=O)Nc2ccc(F)cc2)CC1. The number of carbonyl (C=O) groups is 2. The highest BCUT2D eigenvalue weighted by Crippen LogP contribution is 2.34. The molecule has 0 atom stereocenters. The lowest BCUT2D eigenvalue weighted by molar-refractivity contribution is -0.166. The molecular weight excluding hydrogens is 325 g/mol. The summed E-state index contributed by atoms with van der Waals surface area (Å²) in [6.45, 7) is 5.78. The Morgan fingerprint density at radius 1 is 1.24 bits per heavy atom. The van der Waals surface area contributed by atoms with Gasteiger partial charge in [0, 0.05) is 18.8 Å². The van der Waals surface area contributed by atoms with Gasteiger partial charge < -0.3 is 15.0 Å². The first kappa shape index (κ1) is 18.7. The van der Waals surface area contributed by atoms with Gasteiger partial charge in [-0.25, -0.2) is 9.18 Å². The Kier molecular flexibility index (Phi) is 5.31. The van der Waals surface area contributed by atoms with Crippen molar-refractivity contribution in [2.24, 2.45) is 5.41 Å². The number of nitrogens with one attached hydrogen (secondary N) is 1. The standard InChI is InChI=1S/C18H22FN3O3/c1-17(2,3)25-15(23)18(12-20)8-10-22(11-9-18)16(24)21-14-6-4-13(19)5-7-14/h4-7H,8-11H2,1-3H3,(H,21,24). The summed E-state index contributed by atoms with van der Waals surface area (Å²) in [6, 6.07) is 7.19. The van der Waals surface area contributed by atoms with Gasteiger partial charge in [-0.1, -0.05) is 0 Å². The van der Waals surface area contributed by atoms with Crippen LogP contribution in [0.25, 0.3) is 0 Å². The molecule has 6 nitrogen and oxygen atoms in total. The van der Waals surface area contributed by atoms with Crippen LogP contribution in [0.15, 0.2) is 24.3 Å². The smallest absolute Gasteiger partial charge is 0.327 e. The molecule has 0 saturated carbocycles. The summed E-state index contributed by atoms with van der Waals surface area (Å²) in [6.07, 6.45) is 0.435. The fourth-order valence-corrected chi connectivity index (χ4v) is 2.56. The number of piperidine rings is 1. The van der Waals surface area contributed by atoms with Gasteiger partial charge in [0.05, 0.1) is 6.07 Å². The largest absolute Gasteiger partial charge is 0.459 e. The van der Waals surface area contributed by atoms with Gasteiger partial charge in [-0.15, -0.1) is 0 Å². The van der Waals surface area contributed by atoms with Gasteiger partial charge in [-0.2, -0.15) is 5.26 Å². The summed E-state index contributed by atoms with van der Waals surface area (Å²) >= 11 is 0. The molecule has 0 aliphatic carbocycles. The molecule has 25 heavy (non-hydrogen) atoms. The van der Waals surface area contributed by atoms with Crippen molar-refractivity contribution in [3.63, 3.8) is 0 Å². The maximum Gasteiger partial charge on any atom is 0.327 e. The zero-order valence-corrected chi connectivity index (χ0v) is 14.6. The minimum atomic E-state index is -1.22. The second-order valence-corrected chi connectivity index (χ2v) is 7.12. The number of esters is 1. The second kappa shape index (κ2) is 7.09. The van der Waals surface area contributed by atoms with Gasteiger partial charge in [-0.3, -0.25) is 4.79 Å². The van der Waals surface area contributed by atoms with Crippen molar-refractivity contribution in [3.05, 3.63) is 30.1 Å². The Morgan fingerprint density at radius 2 is 1.80 bits per heavy atom. The molecular formula is C18H22FN3O3. The molecule has 1 aromatic rings. The van der Waals surface area contributed by atoms with E-state index in [1.165, 1.54) is 29.2 Å². The van der Waals surface area contributed by atoms with E-state index >= 15 is 0 Å². The number of amides is 2. The number of ether oxygens (including phenoxy) is 1. The first-order valence-corrected chi connectivity index (χ1v) is 8.11. The lowest BCUT2D eigenvalue weighted by atomic mass is 9.79. The van der Waals surface area contributed by atoms with E-state index in [0.717, 1.165) is 0 Å². The molecule has 2 amide bonds. The van der Waals surface area contributed by atoms with E-state index in [0.29, 0.717) is 5.69 Å². The molecule has 1 heterocycles. The topological polar surface area (TPSA) is 82.4 Å². The van der Waals surface area contributed by atoms with Gasteiger partial charge in [0.25, 0.3) is 0 Å². The number of benzene rings is 1. The first-order valence-electron chi connectivity index (χ1n) is 8.11. The van der Waals surface area contributed by atoms with Crippen molar-refractivity contribution in [2.45, 2.75) is 39.2 Å². The summed E-state index contributed by atoms with van der Waals surface area (Å²) < 4.78 is 18.3. The zero-order valence-electron chi connectivity index (χ0n) is 14.6. The van der Waals surface area contributed by atoms with Gasteiger partial charge in [0.1, 0.15) is 11.4 Å². The normalized spacial score (nSPS) is 16.7. The van der Waals surface area contributed by atoms with E-state index in [1.54, 1.807) is 20.8 Å². The van der Waals surface area contributed by atoms with Crippen LogP contribution in [0.3, 0.4) is 0 Å². The molecule has 0 unspecified atom stereocenters. The maximum absolute atomic E-state index is 12.9. The monoisotopic (exact) mass is 347 g/mol. The van der Waals surface area contributed by atoms with Gasteiger partial charge in [-0.05, 0) is 57.9 Å². The average Bonchev–Trinajstić information content (AvgIpc) is 2.55. The third-order valence-corrected chi connectivity index (χ3v) is 4.00. The van der Waals surface area contributed by atoms with Crippen molar-refractivity contribution in [3.8, 4) is 6.07 Å². The Labute approximate surface area is 146 Å². The molecule has 0 bridgehead atoms. The molecule has 1 fully saturated rings. The molecule has 1 aliphatic heterocycles. The van der Waals surface area contributed by atoms with Gasteiger partial charge in [0.15, 0.2) is 5.41 Å². The van der Waals surface area contributed by atoms with Crippen LogP contribution < -0.4 is 5.32 Å². The summed E-state index contributed by atoms with van der Waals surface area (Å²) in [7, 11) is 0. The third-order valence-electron chi connectivity index (χ3n) is 4.00. The Balaban J connectivity index is 1.97. The minimum absolute atomic E-state index is 0.218. The number of hydrogen-bond donors (Lipinski definition) is 1. The number of nitrogens with zero attached hydrogens (tertiary/aromatic N) is 2. The Bertz CT molecular complexity index is 681. The number of anilines is 1. The fourth-order valence-electron chi connectivity index (χ4n) is 2.56. The summed E-state index contributed by atoms with van der Waals surface area (Å²) in [4.78, 5) is 26.2. The Hall–Kier alpha value is -2.62. The van der Waals surface area contributed by atoms with Crippen molar-refractivity contribution in [1.82, 2.24) is 4.90 Å². The fraction of sp³-hybridized carbons (Fsp3) is 0.500. The highest BCUT2D eigenvalue weighted by molar-refractivity contribution is 5.89. The van der Waals surface area contributed by atoms with E-state index in [4.69, 9.17) is 4.74 Å². The number of urea groups is 1. The van der Waals surface area contributed by atoms with Crippen LogP contribution in [0.4, 0.5) is 14.9 Å². The number of likely N-dealkylation sites (tertiary alicyclic amines) is 1. The van der Waals surface area contributed by atoms with Crippen molar-refractivity contribution >= 4 is 17.7 Å².